The predicted octanol–water partition coefficient (Wildman–Crippen LogP) is -3.08. The van der Waals surface area contributed by atoms with Crippen LogP contribution in [0.5, 0.6) is 0 Å². The fourth-order valence-corrected chi connectivity index (χ4v) is 1.43. The maximum atomic E-state index is 11.4. The first kappa shape index (κ1) is 14.6. The van der Waals surface area contributed by atoms with Crippen LogP contribution in [0, 0.1) is 6.92 Å². The third-order valence-corrected chi connectivity index (χ3v) is 2.55. The third kappa shape index (κ3) is 3.26. The van der Waals surface area contributed by atoms with Gasteiger partial charge in [-0.05, 0) is 6.92 Å². The molecule has 0 aliphatic rings. The van der Waals surface area contributed by atoms with Crippen LogP contribution in [-0.2, 0) is 6.54 Å². The molecule has 0 bridgehead atoms. The molecule has 0 aromatic carbocycles. The van der Waals surface area contributed by atoms with Crippen LogP contribution in [0.15, 0.2) is 15.8 Å². The van der Waals surface area contributed by atoms with Crippen LogP contribution in [-0.4, -0.2) is 54.9 Å². The SMILES string of the molecule is Cc1cn(C[C@@H](O)[C@H](O)[C@H](O)CO)c(=O)[nH]c1=O. The number of aliphatic hydroxyl groups excluding tert-OH is 4. The van der Waals surface area contributed by atoms with Gasteiger partial charge in [0.1, 0.15) is 18.3 Å². The molecule has 8 nitrogen and oxygen atoms in total. The van der Waals surface area contributed by atoms with Gasteiger partial charge >= 0.3 is 5.69 Å². The number of nitrogens with one attached hydrogen (secondary N) is 1. The average Bonchev–Trinajstić information content (AvgIpc) is 2.33. The van der Waals surface area contributed by atoms with Crippen molar-refractivity contribution in [3.05, 3.63) is 32.6 Å². The zero-order valence-corrected chi connectivity index (χ0v) is 9.78. The molecule has 1 heterocycles. The Balaban J connectivity index is 2.88. The molecule has 8 heteroatoms. The summed E-state index contributed by atoms with van der Waals surface area (Å²) in [4.78, 5) is 24.5. The maximum Gasteiger partial charge on any atom is 0.328 e. The second kappa shape index (κ2) is 5.91. The number of aliphatic hydroxyl groups is 4. The number of aromatic amines is 1. The lowest BCUT2D eigenvalue weighted by molar-refractivity contribution is -0.0809. The minimum Gasteiger partial charge on any atom is -0.394 e. The van der Waals surface area contributed by atoms with E-state index in [9.17, 15) is 19.8 Å². The summed E-state index contributed by atoms with van der Waals surface area (Å²) in [5.74, 6) is 0. The average molecular weight is 260 g/mol. The van der Waals surface area contributed by atoms with Gasteiger partial charge in [0.2, 0.25) is 0 Å². The van der Waals surface area contributed by atoms with Crippen molar-refractivity contribution in [2.45, 2.75) is 31.8 Å². The highest BCUT2D eigenvalue weighted by Gasteiger charge is 2.24. The molecule has 0 amide bonds. The van der Waals surface area contributed by atoms with E-state index < -0.39 is 36.2 Å². The highest BCUT2D eigenvalue weighted by molar-refractivity contribution is 5.01. The van der Waals surface area contributed by atoms with Gasteiger partial charge in [0.15, 0.2) is 0 Å². The second-order valence-corrected chi connectivity index (χ2v) is 4.03. The van der Waals surface area contributed by atoms with Crippen molar-refractivity contribution < 1.29 is 20.4 Å². The number of H-pyrrole nitrogens is 1. The normalized spacial score (nSPS) is 16.3. The van der Waals surface area contributed by atoms with Gasteiger partial charge in [0.25, 0.3) is 5.56 Å². The van der Waals surface area contributed by atoms with Gasteiger partial charge in [-0.15, -0.1) is 0 Å². The molecule has 18 heavy (non-hydrogen) atoms. The first-order valence-corrected chi connectivity index (χ1v) is 5.32. The first-order valence-electron chi connectivity index (χ1n) is 5.32. The molecule has 0 unspecified atom stereocenters. The predicted molar refractivity (Wildman–Crippen MR) is 61.2 cm³/mol. The molecule has 0 radical (unpaired) electrons. The Hall–Kier alpha value is -1.48. The zero-order valence-electron chi connectivity index (χ0n) is 9.78. The van der Waals surface area contributed by atoms with E-state index in [0.717, 1.165) is 4.57 Å². The lowest BCUT2D eigenvalue weighted by Crippen LogP contribution is -2.44. The molecular formula is C10H16N2O6. The van der Waals surface area contributed by atoms with E-state index >= 15 is 0 Å². The van der Waals surface area contributed by atoms with Crippen LogP contribution in [0.2, 0.25) is 0 Å². The molecule has 0 saturated heterocycles. The van der Waals surface area contributed by atoms with Crippen molar-refractivity contribution in [2.24, 2.45) is 0 Å². The molecule has 1 aromatic heterocycles. The van der Waals surface area contributed by atoms with E-state index in [2.05, 4.69) is 0 Å². The van der Waals surface area contributed by atoms with Crippen molar-refractivity contribution in [3.63, 3.8) is 0 Å². The standard InChI is InChI=1S/C10H16N2O6/c1-5-2-12(10(18)11-9(5)17)3-6(14)8(16)7(15)4-13/h2,6-8,13-16H,3-4H2,1H3,(H,11,17,18)/t6-,7-,8+/m1/s1. The largest absolute Gasteiger partial charge is 0.394 e. The van der Waals surface area contributed by atoms with E-state index in [1.807, 2.05) is 4.98 Å². The van der Waals surface area contributed by atoms with Gasteiger partial charge in [0.05, 0.1) is 13.2 Å². The van der Waals surface area contributed by atoms with E-state index in [0.29, 0.717) is 0 Å². The molecule has 5 N–H and O–H groups in total. The van der Waals surface area contributed by atoms with Gasteiger partial charge in [-0.3, -0.25) is 14.3 Å². The Morgan fingerprint density at radius 1 is 1.28 bits per heavy atom. The number of nitrogens with zero attached hydrogens (tertiary/aromatic N) is 1. The molecule has 0 fully saturated rings. The Morgan fingerprint density at radius 3 is 2.44 bits per heavy atom. The highest BCUT2D eigenvalue weighted by atomic mass is 16.4. The minimum atomic E-state index is -1.59. The second-order valence-electron chi connectivity index (χ2n) is 4.03. The molecule has 3 atom stereocenters. The maximum absolute atomic E-state index is 11.4. The summed E-state index contributed by atoms with van der Waals surface area (Å²) in [6, 6.07) is 0. The topological polar surface area (TPSA) is 136 Å². The van der Waals surface area contributed by atoms with Gasteiger partial charge in [-0.25, -0.2) is 4.79 Å². The molecule has 102 valence electrons. The van der Waals surface area contributed by atoms with E-state index in [1.165, 1.54) is 13.1 Å². The fourth-order valence-electron chi connectivity index (χ4n) is 1.43. The molecule has 0 saturated carbocycles. The molecule has 0 aliphatic heterocycles. The van der Waals surface area contributed by atoms with E-state index in [-0.39, 0.29) is 12.1 Å². The van der Waals surface area contributed by atoms with Crippen molar-refractivity contribution in [1.29, 1.82) is 0 Å². The van der Waals surface area contributed by atoms with E-state index in [4.69, 9.17) is 10.2 Å². The summed E-state index contributed by atoms with van der Waals surface area (Å²) in [6.07, 6.45) is -3.30. The van der Waals surface area contributed by atoms with Gasteiger partial charge in [0, 0.05) is 11.8 Å². The number of hydrogen-bond acceptors (Lipinski definition) is 6. The number of hydrogen-bond donors (Lipinski definition) is 5. The Labute approximate surface area is 102 Å². The Kier molecular flexibility index (Phi) is 4.79. The number of rotatable bonds is 5. The number of aromatic nitrogens is 2. The van der Waals surface area contributed by atoms with Crippen molar-refractivity contribution >= 4 is 0 Å². The molecule has 1 rings (SSSR count). The van der Waals surface area contributed by atoms with Crippen LogP contribution in [0.1, 0.15) is 5.56 Å². The van der Waals surface area contributed by atoms with Crippen molar-refractivity contribution in [1.82, 2.24) is 9.55 Å². The Morgan fingerprint density at radius 2 is 1.89 bits per heavy atom. The van der Waals surface area contributed by atoms with Crippen molar-refractivity contribution in [2.75, 3.05) is 6.61 Å². The minimum absolute atomic E-state index is 0.277. The number of aryl methyl sites for hydroxylation is 1. The fraction of sp³-hybridized carbons (Fsp3) is 0.600. The van der Waals surface area contributed by atoms with Crippen LogP contribution >= 0.6 is 0 Å². The first-order chi connectivity index (χ1) is 8.36. The van der Waals surface area contributed by atoms with Crippen molar-refractivity contribution in [3.8, 4) is 0 Å². The molecule has 0 aliphatic carbocycles. The Bertz CT molecular complexity index is 508. The summed E-state index contributed by atoms with van der Waals surface area (Å²) in [5.41, 5.74) is -0.976. The quantitative estimate of drug-likeness (QED) is 0.381. The lowest BCUT2D eigenvalue weighted by Gasteiger charge is -2.22. The van der Waals surface area contributed by atoms with Crippen LogP contribution in [0.3, 0.4) is 0 Å². The third-order valence-electron chi connectivity index (χ3n) is 2.55. The van der Waals surface area contributed by atoms with Gasteiger partial charge in [-0.1, -0.05) is 0 Å². The zero-order chi connectivity index (χ0) is 13.9. The molecule has 1 aromatic rings. The van der Waals surface area contributed by atoms with Gasteiger partial charge in [-0.2, -0.15) is 0 Å². The van der Waals surface area contributed by atoms with Crippen LogP contribution in [0.4, 0.5) is 0 Å². The summed E-state index contributed by atoms with van der Waals surface area (Å²) in [5, 5.41) is 36.8. The summed E-state index contributed by atoms with van der Waals surface area (Å²) in [6.45, 7) is 0.465. The van der Waals surface area contributed by atoms with Crippen LogP contribution in [0.25, 0.3) is 0 Å². The summed E-state index contributed by atoms with van der Waals surface area (Å²) in [7, 11) is 0. The lowest BCUT2D eigenvalue weighted by atomic mass is 10.1. The van der Waals surface area contributed by atoms with E-state index in [1.54, 1.807) is 0 Å². The molecule has 0 spiro atoms. The summed E-state index contributed by atoms with van der Waals surface area (Å²) < 4.78 is 1.01. The van der Waals surface area contributed by atoms with Crippen LogP contribution < -0.4 is 11.2 Å². The smallest absolute Gasteiger partial charge is 0.328 e. The van der Waals surface area contributed by atoms with Gasteiger partial charge < -0.3 is 20.4 Å². The summed E-state index contributed by atoms with van der Waals surface area (Å²) >= 11 is 0. The highest BCUT2D eigenvalue weighted by Crippen LogP contribution is 2.02. The molecular weight excluding hydrogens is 244 g/mol. The monoisotopic (exact) mass is 260 g/mol.